The molecule has 1 heterocycles. The van der Waals surface area contributed by atoms with Gasteiger partial charge in [0.1, 0.15) is 0 Å². The van der Waals surface area contributed by atoms with Gasteiger partial charge in [0.15, 0.2) is 0 Å². The number of hydrogen-bond donors (Lipinski definition) is 0. The average Bonchev–Trinajstić information content (AvgIpc) is 2.20. The summed E-state index contributed by atoms with van der Waals surface area (Å²) < 4.78 is 0. The van der Waals surface area contributed by atoms with E-state index in [4.69, 9.17) is 0 Å². The van der Waals surface area contributed by atoms with E-state index < -0.39 is 0 Å². The minimum atomic E-state index is 0.657. The van der Waals surface area contributed by atoms with Crippen LogP contribution in [0, 0.1) is 6.92 Å². The van der Waals surface area contributed by atoms with Gasteiger partial charge >= 0.3 is 0 Å². The molecule has 0 aromatic heterocycles. The van der Waals surface area contributed by atoms with E-state index in [2.05, 4.69) is 43.1 Å². The quantitative estimate of drug-likeness (QED) is 0.656. The van der Waals surface area contributed by atoms with Crippen molar-refractivity contribution in [3.8, 4) is 0 Å². The molecule has 0 bridgehead atoms. The molecule has 76 valence electrons. The summed E-state index contributed by atoms with van der Waals surface area (Å²) in [5, 5.41) is 0. The van der Waals surface area contributed by atoms with Crippen LogP contribution in [0.3, 0.4) is 0 Å². The van der Waals surface area contributed by atoms with E-state index in [1.807, 2.05) is 0 Å². The maximum atomic E-state index is 2.48. The highest BCUT2D eigenvalue weighted by Crippen LogP contribution is 2.29. The molecule has 0 saturated carbocycles. The van der Waals surface area contributed by atoms with Gasteiger partial charge < -0.3 is 0 Å². The van der Waals surface area contributed by atoms with Crippen molar-refractivity contribution >= 4 is 0 Å². The van der Waals surface area contributed by atoms with Gasteiger partial charge in [-0.2, -0.15) is 0 Å². The van der Waals surface area contributed by atoms with E-state index in [9.17, 15) is 0 Å². The Balaban J connectivity index is 2.16. The fraction of sp³-hybridized carbons (Fsp3) is 0.538. The lowest BCUT2D eigenvalue weighted by Gasteiger charge is -2.32. The van der Waals surface area contributed by atoms with Gasteiger partial charge in [0, 0.05) is 6.04 Å². The number of piperidine rings is 1. The molecule has 1 aromatic carbocycles. The number of rotatable bonds is 1. The first-order chi connectivity index (χ1) is 6.77. The summed E-state index contributed by atoms with van der Waals surface area (Å²) in [5.74, 6) is 0. The summed E-state index contributed by atoms with van der Waals surface area (Å²) in [6.07, 6.45) is 4.06. The molecule has 1 heteroatoms. The van der Waals surface area contributed by atoms with Crippen LogP contribution in [0.4, 0.5) is 0 Å². The lowest BCUT2D eigenvalue weighted by molar-refractivity contribution is 0.187. The molecule has 1 atom stereocenters. The first kappa shape index (κ1) is 9.72. The zero-order valence-corrected chi connectivity index (χ0v) is 9.16. The molecule has 1 saturated heterocycles. The third kappa shape index (κ3) is 1.98. The number of nitrogens with zero attached hydrogens (tertiary/aromatic N) is 1. The number of benzene rings is 1. The first-order valence-corrected chi connectivity index (χ1v) is 5.54. The number of likely N-dealkylation sites (tertiary alicyclic amines) is 1. The van der Waals surface area contributed by atoms with Gasteiger partial charge in [-0.15, -0.1) is 0 Å². The minimum Gasteiger partial charge on any atom is -0.299 e. The number of hydrogen-bond acceptors (Lipinski definition) is 1. The van der Waals surface area contributed by atoms with Crippen LogP contribution in [0.15, 0.2) is 24.3 Å². The molecule has 1 aliphatic rings. The third-order valence-corrected chi connectivity index (χ3v) is 3.23. The van der Waals surface area contributed by atoms with Crippen molar-refractivity contribution in [2.45, 2.75) is 32.2 Å². The van der Waals surface area contributed by atoms with Gasteiger partial charge in [0.25, 0.3) is 0 Å². The molecule has 2 rings (SSSR count). The highest BCUT2D eigenvalue weighted by Gasteiger charge is 2.19. The molecular weight excluding hydrogens is 170 g/mol. The van der Waals surface area contributed by atoms with E-state index in [1.165, 1.54) is 36.9 Å². The van der Waals surface area contributed by atoms with Crippen molar-refractivity contribution in [1.29, 1.82) is 0 Å². The Morgan fingerprint density at radius 3 is 2.50 bits per heavy atom. The zero-order valence-electron chi connectivity index (χ0n) is 9.16. The van der Waals surface area contributed by atoms with Crippen LogP contribution in [0.25, 0.3) is 0 Å². The second kappa shape index (κ2) is 4.14. The van der Waals surface area contributed by atoms with Gasteiger partial charge in [0.05, 0.1) is 0 Å². The molecule has 1 nitrogen and oxygen atoms in total. The van der Waals surface area contributed by atoms with Crippen LogP contribution in [0.1, 0.15) is 36.4 Å². The van der Waals surface area contributed by atoms with E-state index in [0.717, 1.165) is 0 Å². The second-order valence-corrected chi connectivity index (χ2v) is 4.40. The van der Waals surface area contributed by atoms with Gasteiger partial charge in [-0.3, -0.25) is 4.90 Å². The Morgan fingerprint density at radius 2 is 1.86 bits per heavy atom. The van der Waals surface area contributed by atoms with Crippen molar-refractivity contribution in [1.82, 2.24) is 4.90 Å². The van der Waals surface area contributed by atoms with Crippen molar-refractivity contribution in [3.05, 3.63) is 35.4 Å². The van der Waals surface area contributed by atoms with Gasteiger partial charge in [-0.25, -0.2) is 0 Å². The summed E-state index contributed by atoms with van der Waals surface area (Å²) in [6, 6.07) is 9.66. The van der Waals surface area contributed by atoms with Crippen LogP contribution in [-0.4, -0.2) is 18.5 Å². The Labute approximate surface area is 86.7 Å². The summed E-state index contributed by atoms with van der Waals surface area (Å²) in [6.45, 7) is 3.40. The van der Waals surface area contributed by atoms with Gasteiger partial charge in [-0.05, 0) is 38.9 Å². The molecule has 14 heavy (non-hydrogen) atoms. The highest BCUT2D eigenvalue weighted by atomic mass is 15.1. The fourth-order valence-corrected chi connectivity index (χ4v) is 2.28. The Morgan fingerprint density at radius 1 is 1.14 bits per heavy atom. The molecule has 0 radical (unpaired) electrons. The van der Waals surface area contributed by atoms with Crippen molar-refractivity contribution in [2.75, 3.05) is 13.6 Å². The van der Waals surface area contributed by atoms with Crippen LogP contribution in [-0.2, 0) is 0 Å². The van der Waals surface area contributed by atoms with E-state index in [1.54, 1.807) is 0 Å². The molecule has 1 aromatic rings. The first-order valence-electron chi connectivity index (χ1n) is 5.54. The predicted molar refractivity (Wildman–Crippen MR) is 60.4 cm³/mol. The predicted octanol–water partition coefficient (Wildman–Crippen LogP) is 3.15. The average molecular weight is 189 g/mol. The summed E-state index contributed by atoms with van der Waals surface area (Å²) >= 11 is 0. The summed E-state index contributed by atoms with van der Waals surface area (Å²) in [4.78, 5) is 2.48. The topological polar surface area (TPSA) is 3.24 Å². The summed E-state index contributed by atoms with van der Waals surface area (Å²) in [5.41, 5.74) is 2.84. The van der Waals surface area contributed by atoms with Crippen LogP contribution in [0.5, 0.6) is 0 Å². The van der Waals surface area contributed by atoms with E-state index >= 15 is 0 Å². The number of aryl methyl sites for hydroxylation is 1. The largest absolute Gasteiger partial charge is 0.299 e. The maximum Gasteiger partial charge on any atom is 0.0345 e. The zero-order chi connectivity index (χ0) is 9.97. The smallest absolute Gasteiger partial charge is 0.0345 e. The minimum absolute atomic E-state index is 0.657. The van der Waals surface area contributed by atoms with Crippen molar-refractivity contribution in [2.24, 2.45) is 0 Å². The normalized spacial score (nSPS) is 23.7. The lowest BCUT2D eigenvalue weighted by Crippen LogP contribution is -2.29. The monoisotopic (exact) mass is 189 g/mol. The SMILES string of the molecule is Cc1ccc([C@H]2CCCCN2C)cc1. The van der Waals surface area contributed by atoms with Crippen LogP contribution in [0.2, 0.25) is 0 Å². The molecule has 1 fully saturated rings. The second-order valence-electron chi connectivity index (χ2n) is 4.40. The van der Waals surface area contributed by atoms with E-state index in [0.29, 0.717) is 6.04 Å². The third-order valence-electron chi connectivity index (χ3n) is 3.23. The maximum absolute atomic E-state index is 2.48. The molecular formula is C13H19N. The highest BCUT2D eigenvalue weighted by molar-refractivity contribution is 5.24. The Hall–Kier alpha value is -0.820. The van der Waals surface area contributed by atoms with Crippen molar-refractivity contribution in [3.63, 3.8) is 0 Å². The van der Waals surface area contributed by atoms with Gasteiger partial charge in [-0.1, -0.05) is 36.2 Å². The van der Waals surface area contributed by atoms with E-state index in [-0.39, 0.29) is 0 Å². The lowest BCUT2D eigenvalue weighted by atomic mass is 9.95. The van der Waals surface area contributed by atoms with Crippen molar-refractivity contribution < 1.29 is 0 Å². The standard InChI is InChI=1S/C13H19N/c1-11-6-8-12(9-7-11)13-5-3-4-10-14(13)2/h6-9,13H,3-5,10H2,1-2H3/t13-/m1/s1. The molecule has 0 spiro atoms. The van der Waals surface area contributed by atoms with Crippen LogP contribution < -0.4 is 0 Å². The summed E-state index contributed by atoms with van der Waals surface area (Å²) in [7, 11) is 2.24. The Bertz CT molecular complexity index is 289. The van der Waals surface area contributed by atoms with Gasteiger partial charge in [0.2, 0.25) is 0 Å². The molecule has 0 amide bonds. The van der Waals surface area contributed by atoms with Crippen LogP contribution >= 0.6 is 0 Å². The molecule has 0 N–H and O–H groups in total. The molecule has 0 unspecified atom stereocenters. The molecule has 0 aliphatic carbocycles. The fourth-order valence-electron chi connectivity index (χ4n) is 2.28. The molecule has 1 aliphatic heterocycles. The Kier molecular flexibility index (Phi) is 2.87.